The summed E-state index contributed by atoms with van der Waals surface area (Å²) in [6.07, 6.45) is 6.03. The van der Waals surface area contributed by atoms with Gasteiger partial charge < -0.3 is 10.3 Å². The number of fused-ring (bicyclic) bond motifs is 1. The van der Waals surface area contributed by atoms with Gasteiger partial charge in [-0.1, -0.05) is 6.07 Å². The molecular formula is C19H19N7. The number of aromatic nitrogens is 6. The van der Waals surface area contributed by atoms with E-state index >= 15 is 0 Å². The normalized spacial score (nSPS) is 14.2. The first kappa shape index (κ1) is 15.2. The molecule has 1 aliphatic rings. The van der Waals surface area contributed by atoms with Crippen LogP contribution in [0.25, 0.3) is 28.3 Å². The minimum Gasteiger partial charge on any atom is -0.340 e. The predicted octanol–water partition coefficient (Wildman–Crippen LogP) is 2.74. The Balaban J connectivity index is 1.60. The quantitative estimate of drug-likeness (QED) is 0.581. The van der Waals surface area contributed by atoms with Gasteiger partial charge in [0.05, 0.1) is 17.9 Å². The van der Waals surface area contributed by atoms with Crippen LogP contribution in [0, 0.1) is 6.92 Å². The third kappa shape index (κ3) is 2.86. The Bertz CT molecular complexity index is 1070. The minimum atomic E-state index is 0.635. The molecule has 0 radical (unpaired) electrons. The van der Waals surface area contributed by atoms with E-state index in [2.05, 4.69) is 25.4 Å². The molecule has 130 valence electrons. The second-order valence-corrected chi connectivity index (χ2v) is 6.71. The molecule has 0 bridgehead atoms. The number of nitrogens with zero attached hydrogens (tertiary/aromatic N) is 5. The molecule has 0 spiro atoms. The van der Waals surface area contributed by atoms with Crippen molar-refractivity contribution in [3.8, 4) is 22.6 Å². The fourth-order valence-corrected chi connectivity index (χ4v) is 3.07. The number of aryl methyl sites for hydroxylation is 1. The van der Waals surface area contributed by atoms with Crippen LogP contribution in [0.3, 0.4) is 0 Å². The molecule has 0 aliphatic heterocycles. The van der Waals surface area contributed by atoms with Gasteiger partial charge in [0, 0.05) is 23.5 Å². The Morgan fingerprint density at radius 3 is 2.96 bits per heavy atom. The van der Waals surface area contributed by atoms with E-state index < -0.39 is 0 Å². The molecule has 1 saturated carbocycles. The molecule has 0 atom stereocenters. The molecule has 7 nitrogen and oxygen atoms in total. The molecule has 0 aromatic carbocycles. The minimum absolute atomic E-state index is 0.635. The summed E-state index contributed by atoms with van der Waals surface area (Å²) >= 11 is 0. The van der Waals surface area contributed by atoms with Crippen LogP contribution in [0.4, 0.5) is 0 Å². The van der Waals surface area contributed by atoms with Gasteiger partial charge in [0.25, 0.3) is 0 Å². The summed E-state index contributed by atoms with van der Waals surface area (Å²) < 4.78 is 1.77. The van der Waals surface area contributed by atoms with Crippen molar-refractivity contribution in [1.82, 2.24) is 34.9 Å². The number of hydrogen-bond acceptors (Lipinski definition) is 5. The highest BCUT2D eigenvalue weighted by atomic mass is 15.3. The van der Waals surface area contributed by atoms with Gasteiger partial charge in [0.1, 0.15) is 17.8 Å². The van der Waals surface area contributed by atoms with Crippen LogP contribution >= 0.6 is 0 Å². The second kappa shape index (κ2) is 6.03. The van der Waals surface area contributed by atoms with Gasteiger partial charge in [-0.05, 0) is 44.0 Å². The zero-order valence-corrected chi connectivity index (χ0v) is 14.5. The zero-order chi connectivity index (χ0) is 17.5. The van der Waals surface area contributed by atoms with Gasteiger partial charge in [-0.3, -0.25) is 4.98 Å². The van der Waals surface area contributed by atoms with Gasteiger partial charge in [-0.2, -0.15) is 5.10 Å². The van der Waals surface area contributed by atoms with E-state index in [-0.39, 0.29) is 0 Å². The maximum Gasteiger partial charge on any atom is 0.155 e. The van der Waals surface area contributed by atoms with Gasteiger partial charge in [-0.15, -0.1) is 0 Å². The molecule has 4 heterocycles. The average molecular weight is 345 g/mol. The smallest absolute Gasteiger partial charge is 0.155 e. The number of H-pyrrole nitrogens is 1. The highest BCUT2D eigenvalue weighted by Gasteiger charge is 2.22. The molecule has 2 N–H and O–H groups in total. The van der Waals surface area contributed by atoms with E-state index in [0.717, 1.165) is 46.4 Å². The zero-order valence-electron chi connectivity index (χ0n) is 14.5. The van der Waals surface area contributed by atoms with E-state index in [1.165, 1.54) is 12.8 Å². The van der Waals surface area contributed by atoms with Crippen molar-refractivity contribution in [1.29, 1.82) is 0 Å². The Morgan fingerprint density at radius 2 is 2.12 bits per heavy atom. The lowest BCUT2D eigenvalue weighted by atomic mass is 10.1. The Kier molecular flexibility index (Phi) is 3.53. The summed E-state index contributed by atoms with van der Waals surface area (Å²) in [4.78, 5) is 17.2. The first-order valence-corrected chi connectivity index (χ1v) is 8.82. The summed E-state index contributed by atoms with van der Waals surface area (Å²) in [5, 5.41) is 7.75. The van der Waals surface area contributed by atoms with E-state index in [1.54, 1.807) is 10.8 Å². The Morgan fingerprint density at radius 1 is 1.19 bits per heavy atom. The SMILES string of the molecule is Cc1cccc(-c2nc(CNC3CC3)[nH]c2-c2ccc3ncnn3c2)n1. The van der Waals surface area contributed by atoms with Crippen LogP contribution < -0.4 is 5.32 Å². The van der Waals surface area contributed by atoms with Crippen LogP contribution in [-0.4, -0.2) is 35.6 Å². The van der Waals surface area contributed by atoms with Crippen molar-refractivity contribution in [2.45, 2.75) is 32.4 Å². The lowest BCUT2D eigenvalue weighted by molar-refractivity contribution is 0.664. The molecule has 7 heteroatoms. The van der Waals surface area contributed by atoms with Gasteiger partial charge in [0.2, 0.25) is 0 Å². The monoisotopic (exact) mass is 345 g/mol. The molecule has 4 aromatic heterocycles. The number of rotatable bonds is 5. The van der Waals surface area contributed by atoms with Crippen LogP contribution in [-0.2, 0) is 6.54 Å². The standard InChI is InChI=1S/C19H19N7/c1-12-3-2-4-15(23-12)19-18(24-16(25-19)9-20-14-6-7-14)13-5-8-17-21-11-22-26(17)10-13/h2-5,8,10-11,14,20H,6-7,9H2,1H3,(H,24,25). The summed E-state index contributed by atoms with van der Waals surface area (Å²) in [7, 11) is 0. The van der Waals surface area contributed by atoms with Crippen molar-refractivity contribution in [3.63, 3.8) is 0 Å². The molecule has 5 rings (SSSR count). The third-order valence-electron chi connectivity index (χ3n) is 4.58. The van der Waals surface area contributed by atoms with Crippen LogP contribution in [0.15, 0.2) is 42.9 Å². The summed E-state index contributed by atoms with van der Waals surface area (Å²) in [6, 6.07) is 10.6. The largest absolute Gasteiger partial charge is 0.340 e. The number of nitrogens with one attached hydrogen (secondary N) is 2. The molecule has 4 aromatic rings. The molecule has 1 fully saturated rings. The summed E-state index contributed by atoms with van der Waals surface area (Å²) in [5.41, 5.74) is 5.48. The number of pyridine rings is 2. The first-order chi connectivity index (χ1) is 12.8. The van der Waals surface area contributed by atoms with Gasteiger partial charge in [0.15, 0.2) is 5.65 Å². The third-order valence-corrected chi connectivity index (χ3v) is 4.58. The van der Waals surface area contributed by atoms with Crippen LogP contribution in [0.5, 0.6) is 0 Å². The van der Waals surface area contributed by atoms with Crippen molar-refractivity contribution >= 4 is 5.65 Å². The lowest BCUT2D eigenvalue weighted by Crippen LogP contribution is -2.16. The number of imidazole rings is 1. The summed E-state index contributed by atoms with van der Waals surface area (Å²) in [6.45, 7) is 2.72. The molecule has 0 saturated heterocycles. The van der Waals surface area contributed by atoms with Crippen molar-refractivity contribution in [2.24, 2.45) is 0 Å². The van der Waals surface area contributed by atoms with Crippen LogP contribution in [0.2, 0.25) is 0 Å². The molecule has 26 heavy (non-hydrogen) atoms. The Labute approximate surface area is 150 Å². The maximum absolute atomic E-state index is 4.84. The fourth-order valence-electron chi connectivity index (χ4n) is 3.07. The highest BCUT2D eigenvalue weighted by molar-refractivity contribution is 5.77. The van der Waals surface area contributed by atoms with Crippen LogP contribution in [0.1, 0.15) is 24.4 Å². The summed E-state index contributed by atoms with van der Waals surface area (Å²) in [5.74, 6) is 0.920. The van der Waals surface area contributed by atoms with Gasteiger partial charge in [-0.25, -0.2) is 14.5 Å². The number of hydrogen-bond donors (Lipinski definition) is 2. The average Bonchev–Trinajstić information content (AvgIpc) is 3.19. The Hall–Kier alpha value is -3.06. The maximum atomic E-state index is 4.84. The predicted molar refractivity (Wildman–Crippen MR) is 98.4 cm³/mol. The lowest BCUT2D eigenvalue weighted by Gasteiger charge is -2.04. The molecule has 0 amide bonds. The van der Waals surface area contributed by atoms with Crippen molar-refractivity contribution in [3.05, 3.63) is 54.4 Å². The van der Waals surface area contributed by atoms with E-state index in [0.29, 0.717) is 6.04 Å². The van der Waals surface area contributed by atoms with Crippen molar-refractivity contribution in [2.75, 3.05) is 0 Å². The van der Waals surface area contributed by atoms with E-state index in [9.17, 15) is 0 Å². The second-order valence-electron chi connectivity index (χ2n) is 6.71. The van der Waals surface area contributed by atoms with E-state index in [1.807, 2.05) is 43.5 Å². The number of aromatic amines is 1. The molecular weight excluding hydrogens is 326 g/mol. The van der Waals surface area contributed by atoms with Gasteiger partial charge >= 0.3 is 0 Å². The van der Waals surface area contributed by atoms with E-state index in [4.69, 9.17) is 4.98 Å². The topological polar surface area (TPSA) is 83.8 Å². The fraction of sp³-hybridized carbons (Fsp3) is 0.263. The molecule has 0 unspecified atom stereocenters. The van der Waals surface area contributed by atoms with Crippen molar-refractivity contribution < 1.29 is 0 Å². The first-order valence-electron chi connectivity index (χ1n) is 8.82. The highest BCUT2D eigenvalue weighted by Crippen LogP contribution is 2.29. The molecule has 1 aliphatic carbocycles.